The first kappa shape index (κ1) is 23.3. The molecule has 5 rings (SSSR count). The highest BCUT2D eigenvalue weighted by molar-refractivity contribution is 7.91. The summed E-state index contributed by atoms with van der Waals surface area (Å²) < 4.78 is 37.2. The number of rotatable bonds is 6. The van der Waals surface area contributed by atoms with E-state index >= 15 is 0 Å². The standard InChI is InChI=1S/C24H23N7O4S/c1-24(2,14-35-19-7-3-5-17-21(19)22(25)30-36(33,34)29-17)28-23(32)15-8-11-27-20(13-15)31-12-9-16-18(31)6-4-10-26-16/h3-13,29H,14H2,1-2H3,(H2,25,30)(H,28,32). The van der Waals surface area contributed by atoms with Crippen LogP contribution in [0.2, 0.25) is 0 Å². The first-order valence-corrected chi connectivity index (χ1v) is 12.4. The van der Waals surface area contributed by atoms with Crippen LogP contribution in [-0.2, 0) is 10.2 Å². The molecule has 0 fully saturated rings. The molecule has 0 radical (unpaired) electrons. The molecule has 1 aromatic carbocycles. The van der Waals surface area contributed by atoms with E-state index in [9.17, 15) is 13.2 Å². The van der Waals surface area contributed by atoms with Crippen LogP contribution < -0.4 is 20.5 Å². The lowest BCUT2D eigenvalue weighted by atomic mass is 10.1. The number of hydrogen-bond acceptors (Lipinski definition) is 7. The summed E-state index contributed by atoms with van der Waals surface area (Å²) in [6.07, 6.45) is 5.16. The maximum absolute atomic E-state index is 13.1. The SMILES string of the molecule is CC(C)(COc1cccc2c1C(N)=NS(=O)(=O)N2)NC(=O)c1ccnc(-n2ccc3ncccc32)c1. The second-order valence-corrected chi connectivity index (χ2v) is 10.2. The van der Waals surface area contributed by atoms with Gasteiger partial charge in [0.1, 0.15) is 18.2 Å². The fraction of sp³-hybridized carbons (Fsp3) is 0.167. The molecule has 11 nitrogen and oxygen atoms in total. The van der Waals surface area contributed by atoms with Crippen molar-refractivity contribution in [3.63, 3.8) is 0 Å². The summed E-state index contributed by atoms with van der Waals surface area (Å²) in [5.74, 6) is 0.467. The van der Waals surface area contributed by atoms with Crippen molar-refractivity contribution >= 4 is 38.7 Å². The van der Waals surface area contributed by atoms with Crippen LogP contribution in [0, 0.1) is 0 Å². The fourth-order valence-electron chi connectivity index (χ4n) is 3.87. The van der Waals surface area contributed by atoms with E-state index < -0.39 is 15.7 Å². The molecule has 1 aliphatic heterocycles. The highest BCUT2D eigenvalue weighted by Crippen LogP contribution is 2.31. The van der Waals surface area contributed by atoms with Gasteiger partial charge in [0, 0.05) is 24.2 Å². The van der Waals surface area contributed by atoms with Crippen LogP contribution in [0.25, 0.3) is 16.9 Å². The molecule has 0 unspecified atom stereocenters. The van der Waals surface area contributed by atoms with E-state index in [1.165, 1.54) is 0 Å². The van der Waals surface area contributed by atoms with E-state index in [4.69, 9.17) is 10.5 Å². The zero-order chi connectivity index (χ0) is 25.5. The van der Waals surface area contributed by atoms with Crippen molar-refractivity contribution in [1.29, 1.82) is 0 Å². The molecule has 1 amide bonds. The number of anilines is 1. The zero-order valence-electron chi connectivity index (χ0n) is 19.5. The van der Waals surface area contributed by atoms with Crippen LogP contribution >= 0.6 is 0 Å². The number of nitrogens with zero attached hydrogens (tertiary/aromatic N) is 4. The Morgan fingerprint density at radius 3 is 2.81 bits per heavy atom. The Kier molecular flexibility index (Phi) is 5.59. The van der Waals surface area contributed by atoms with Crippen molar-refractivity contribution in [1.82, 2.24) is 19.9 Å². The quantitative estimate of drug-likeness (QED) is 0.363. The molecular weight excluding hydrogens is 482 g/mol. The number of carbonyl (C=O) groups excluding carboxylic acids is 1. The topological polar surface area (TPSA) is 154 Å². The highest BCUT2D eigenvalue weighted by Gasteiger charge is 2.27. The lowest BCUT2D eigenvalue weighted by molar-refractivity contribution is 0.0880. The number of benzene rings is 1. The number of aromatic nitrogens is 3. The van der Waals surface area contributed by atoms with Gasteiger partial charge >= 0.3 is 10.2 Å². The monoisotopic (exact) mass is 505 g/mol. The number of nitrogens with two attached hydrogens (primary N) is 1. The summed E-state index contributed by atoms with van der Waals surface area (Å²) in [5, 5.41) is 2.97. The van der Waals surface area contributed by atoms with E-state index in [1.54, 1.807) is 42.7 Å². The second-order valence-electron chi connectivity index (χ2n) is 8.86. The minimum Gasteiger partial charge on any atom is -0.490 e. The van der Waals surface area contributed by atoms with Crippen LogP contribution in [-0.4, -0.2) is 46.8 Å². The van der Waals surface area contributed by atoms with Gasteiger partial charge in [0.2, 0.25) is 0 Å². The molecule has 4 aromatic rings. The molecule has 0 aliphatic carbocycles. The molecule has 4 heterocycles. The molecular formula is C24H23N7O4S. The average molecular weight is 506 g/mol. The summed E-state index contributed by atoms with van der Waals surface area (Å²) in [4.78, 5) is 21.8. The summed E-state index contributed by atoms with van der Waals surface area (Å²) in [7, 11) is -3.89. The van der Waals surface area contributed by atoms with Gasteiger partial charge in [-0.25, -0.2) is 4.98 Å². The number of amides is 1. The van der Waals surface area contributed by atoms with Crippen LogP contribution in [0.15, 0.2) is 71.5 Å². The molecule has 184 valence electrons. The van der Waals surface area contributed by atoms with Crippen molar-refractivity contribution in [2.24, 2.45) is 10.1 Å². The third kappa shape index (κ3) is 4.58. The first-order valence-electron chi connectivity index (χ1n) is 11.0. The number of pyridine rings is 2. The minimum absolute atomic E-state index is 0.0844. The van der Waals surface area contributed by atoms with Crippen LogP contribution in [0.1, 0.15) is 29.8 Å². The Bertz CT molecular complexity index is 1630. The predicted molar refractivity (Wildman–Crippen MR) is 136 cm³/mol. The Balaban J connectivity index is 1.32. The van der Waals surface area contributed by atoms with E-state index in [1.807, 2.05) is 42.8 Å². The third-order valence-corrected chi connectivity index (χ3v) is 6.41. The van der Waals surface area contributed by atoms with Crippen LogP contribution in [0.5, 0.6) is 5.75 Å². The maximum Gasteiger partial charge on any atom is 0.344 e. The number of amidine groups is 1. The Morgan fingerprint density at radius 1 is 1.14 bits per heavy atom. The second kappa shape index (κ2) is 8.64. The molecule has 12 heteroatoms. The van der Waals surface area contributed by atoms with Crippen molar-refractivity contribution in [3.8, 4) is 11.6 Å². The van der Waals surface area contributed by atoms with E-state index in [2.05, 4.69) is 24.4 Å². The molecule has 0 saturated heterocycles. The largest absolute Gasteiger partial charge is 0.490 e. The van der Waals surface area contributed by atoms with Crippen LogP contribution in [0.4, 0.5) is 5.69 Å². The summed E-state index contributed by atoms with van der Waals surface area (Å²) in [5.41, 5.74) is 7.86. The normalized spacial score (nSPS) is 14.4. The molecule has 0 atom stereocenters. The summed E-state index contributed by atoms with van der Waals surface area (Å²) in [6.45, 7) is 3.71. The third-order valence-electron chi connectivity index (χ3n) is 5.49. The minimum atomic E-state index is -3.89. The van der Waals surface area contributed by atoms with Gasteiger partial charge in [0.15, 0.2) is 5.84 Å². The van der Waals surface area contributed by atoms with Crippen molar-refractivity contribution in [2.45, 2.75) is 19.4 Å². The summed E-state index contributed by atoms with van der Waals surface area (Å²) >= 11 is 0. The number of carbonyl (C=O) groups is 1. The van der Waals surface area contributed by atoms with Gasteiger partial charge in [-0.2, -0.15) is 8.42 Å². The number of hydrogen-bond donors (Lipinski definition) is 3. The Morgan fingerprint density at radius 2 is 1.97 bits per heavy atom. The first-order chi connectivity index (χ1) is 17.1. The number of ether oxygens (including phenoxy) is 1. The molecule has 36 heavy (non-hydrogen) atoms. The van der Waals surface area contributed by atoms with Gasteiger partial charge in [-0.05, 0) is 56.3 Å². The Hall–Kier alpha value is -4.45. The molecule has 1 aliphatic rings. The smallest absolute Gasteiger partial charge is 0.344 e. The zero-order valence-corrected chi connectivity index (χ0v) is 20.3. The van der Waals surface area contributed by atoms with Gasteiger partial charge in [0.25, 0.3) is 5.91 Å². The van der Waals surface area contributed by atoms with Crippen molar-refractivity contribution < 1.29 is 17.9 Å². The van der Waals surface area contributed by atoms with Gasteiger partial charge in [-0.1, -0.05) is 6.07 Å². The molecule has 0 saturated carbocycles. The van der Waals surface area contributed by atoms with Gasteiger partial charge in [0.05, 0.1) is 27.8 Å². The molecule has 0 bridgehead atoms. The molecule has 4 N–H and O–H groups in total. The van der Waals surface area contributed by atoms with Gasteiger partial charge in [-0.3, -0.25) is 19.1 Å². The van der Waals surface area contributed by atoms with E-state index in [0.717, 1.165) is 11.0 Å². The average Bonchev–Trinajstić information content (AvgIpc) is 3.26. The number of nitrogens with one attached hydrogen (secondary N) is 2. The molecule has 3 aromatic heterocycles. The van der Waals surface area contributed by atoms with Crippen molar-refractivity contribution in [3.05, 3.63) is 78.2 Å². The lowest BCUT2D eigenvalue weighted by Gasteiger charge is -2.27. The van der Waals surface area contributed by atoms with Gasteiger partial charge in [-0.15, -0.1) is 4.40 Å². The Labute approximate surface area is 207 Å². The van der Waals surface area contributed by atoms with E-state index in [0.29, 0.717) is 22.7 Å². The fourth-order valence-corrected chi connectivity index (χ4v) is 4.71. The predicted octanol–water partition coefficient (Wildman–Crippen LogP) is 2.38. The highest BCUT2D eigenvalue weighted by atomic mass is 32.2. The van der Waals surface area contributed by atoms with Crippen molar-refractivity contribution in [2.75, 3.05) is 11.3 Å². The van der Waals surface area contributed by atoms with Crippen LogP contribution in [0.3, 0.4) is 0 Å². The van der Waals surface area contributed by atoms with E-state index in [-0.39, 0.29) is 24.0 Å². The summed E-state index contributed by atoms with van der Waals surface area (Å²) in [6, 6.07) is 13.9. The maximum atomic E-state index is 13.1. The lowest BCUT2D eigenvalue weighted by Crippen LogP contribution is -2.48. The number of fused-ring (bicyclic) bond motifs is 2. The molecule has 0 spiro atoms. The van der Waals surface area contributed by atoms with Gasteiger partial charge < -0.3 is 15.8 Å².